The van der Waals surface area contributed by atoms with Crippen LogP contribution in [0.5, 0.6) is 0 Å². The van der Waals surface area contributed by atoms with Gasteiger partial charge in [0.05, 0.1) is 0 Å². The number of hydrogen-bond donors (Lipinski definition) is 2. The Bertz CT molecular complexity index is 229. The van der Waals surface area contributed by atoms with Gasteiger partial charge in [-0.05, 0) is 13.0 Å². The van der Waals surface area contributed by atoms with Gasteiger partial charge in [0.25, 0.3) is 0 Å². The molecule has 66 valence electrons. The SMILES string of the molecule is O=C(O)C1C=NN2CCCNC12. The molecular weight excluding hydrogens is 158 g/mol. The number of carbonyl (C=O) groups is 1. The van der Waals surface area contributed by atoms with Crippen LogP contribution in [0.4, 0.5) is 0 Å². The molecule has 0 amide bonds. The van der Waals surface area contributed by atoms with E-state index in [4.69, 9.17) is 5.11 Å². The van der Waals surface area contributed by atoms with Crippen LogP contribution in [0, 0.1) is 5.92 Å². The molecule has 0 aromatic rings. The molecule has 12 heavy (non-hydrogen) atoms. The van der Waals surface area contributed by atoms with Crippen molar-refractivity contribution in [1.82, 2.24) is 10.3 Å². The summed E-state index contributed by atoms with van der Waals surface area (Å²) in [5.41, 5.74) is 0. The number of fused-ring (bicyclic) bond motifs is 1. The number of rotatable bonds is 1. The van der Waals surface area contributed by atoms with E-state index < -0.39 is 11.9 Å². The van der Waals surface area contributed by atoms with Gasteiger partial charge < -0.3 is 5.11 Å². The molecule has 0 radical (unpaired) electrons. The Morgan fingerprint density at radius 2 is 2.58 bits per heavy atom. The molecule has 2 aliphatic rings. The van der Waals surface area contributed by atoms with Crippen molar-refractivity contribution in [3.8, 4) is 0 Å². The molecule has 5 heteroatoms. The number of carboxylic acids is 1. The quantitative estimate of drug-likeness (QED) is 0.545. The third-order valence-electron chi connectivity index (χ3n) is 2.24. The van der Waals surface area contributed by atoms with Crippen molar-refractivity contribution in [1.29, 1.82) is 0 Å². The lowest BCUT2D eigenvalue weighted by molar-refractivity contribution is -0.141. The minimum absolute atomic E-state index is 0.115. The summed E-state index contributed by atoms with van der Waals surface area (Å²) in [6, 6.07) is 0. The fourth-order valence-electron chi connectivity index (χ4n) is 1.62. The second kappa shape index (κ2) is 2.75. The van der Waals surface area contributed by atoms with Gasteiger partial charge in [-0.15, -0.1) is 0 Å². The number of hydrazone groups is 1. The van der Waals surface area contributed by atoms with Crippen LogP contribution in [0.1, 0.15) is 6.42 Å². The van der Waals surface area contributed by atoms with Crippen molar-refractivity contribution in [2.75, 3.05) is 13.1 Å². The van der Waals surface area contributed by atoms with E-state index in [1.54, 1.807) is 0 Å². The number of nitrogens with one attached hydrogen (secondary N) is 1. The van der Waals surface area contributed by atoms with Gasteiger partial charge in [0, 0.05) is 12.8 Å². The van der Waals surface area contributed by atoms with E-state index in [0.29, 0.717) is 0 Å². The van der Waals surface area contributed by atoms with Gasteiger partial charge in [0.1, 0.15) is 12.1 Å². The van der Waals surface area contributed by atoms with Crippen LogP contribution >= 0.6 is 0 Å². The molecule has 2 aliphatic heterocycles. The van der Waals surface area contributed by atoms with Crippen LogP contribution in [0.3, 0.4) is 0 Å². The highest BCUT2D eigenvalue weighted by Gasteiger charge is 2.36. The summed E-state index contributed by atoms with van der Waals surface area (Å²) >= 11 is 0. The van der Waals surface area contributed by atoms with E-state index in [2.05, 4.69) is 10.4 Å². The monoisotopic (exact) mass is 169 g/mol. The first-order valence-electron chi connectivity index (χ1n) is 4.06. The molecule has 0 aromatic carbocycles. The maximum Gasteiger partial charge on any atom is 0.315 e. The lowest BCUT2D eigenvalue weighted by Crippen LogP contribution is -2.51. The first-order chi connectivity index (χ1) is 5.79. The summed E-state index contributed by atoms with van der Waals surface area (Å²) < 4.78 is 0. The molecule has 1 fully saturated rings. The van der Waals surface area contributed by atoms with Crippen LogP contribution in [-0.2, 0) is 4.79 Å². The maximum absolute atomic E-state index is 10.7. The van der Waals surface area contributed by atoms with E-state index >= 15 is 0 Å². The first kappa shape index (κ1) is 7.54. The highest BCUT2D eigenvalue weighted by molar-refractivity contribution is 5.90. The minimum Gasteiger partial charge on any atom is -0.481 e. The largest absolute Gasteiger partial charge is 0.481 e. The predicted molar refractivity (Wildman–Crippen MR) is 42.7 cm³/mol. The van der Waals surface area contributed by atoms with Crippen LogP contribution in [-0.4, -0.2) is 41.6 Å². The predicted octanol–water partition coefficient (Wildman–Crippen LogP) is -0.692. The zero-order valence-corrected chi connectivity index (χ0v) is 6.60. The van der Waals surface area contributed by atoms with Crippen LogP contribution in [0.25, 0.3) is 0 Å². The maximum atomic E-state index is 10.7. The topological polar surface area (TPSA) is 64.9 Å². The Labute approximate surface area is 70.0 Å². The molecule has 2 heterocycles. The summed E-state index contributed by atoms with van der Waals surface area (Å²) in [6.07, 6.45) is 2.42. The fraction of sp³-hybridized carbons (Fsp3) is 0.714. The summed E-state index contributed by atoms with van der Waals surface area (Å²) in [5, 5.41) is 17.8. The van der Waals surface area contributed by atoms with Gasteiger partial charge in [0.2, 0.25) is 0 Å². The van der Waals surface area contributed by atoms with Gasteiger partial charge in [-0.3, -0.25) is 15.1 Å². The van der Waals surface area contributed by atoms with Crippen LogP contribution in [0.15, 0.2) is 5.10 Å². The Balaban J connectivity index is 2.10. The minimum atomic E-state index is -0.805. The van der Waals surface area contributed by atoms with Gasteiger partial charge in [-0.1, -0.05) is 0 Å². The molecule has 2 N–H and O–H groups in total. The Morgan fingerprint density at radius 1 is 1.75 bits per heavy atom. The molecule has 0 bridgehead atoms. The average Bonchev–Trinajstić information content (AvgIpc) is 2.47. The van der Waals surface area contributed by atoms with Crippen molar-refractivity contribution in [3.05, 3.63) is 0 Å². The third-order valence-corrected chi connectivity index (χ3v) is 2.24. The van der Waals surface area contributed by atoms with Crippen LogP contribution < -0.4 is 5.32 Å². The van der Waals surface area contributed by atoms with E-state index in [-0.39, 0.29) is 6.17 Å². The van der Waals surface area contributed by atoms with Crippen LogP contribution in [0.2, 0.25) is 0 Å². The van der Waals surface area contributed by atoms with Gasteiger partial charge in [0.15, 0.2) is 0 Å². The zero-order valence-electron chi connectivity index (χ0n) is 6.60. The molecule has 0 aliphatic carbocycles. The van der Waals surface area contributed by atoms with E-state index in [1.165, 1.54) is 6.21 Å². The zero-order chi connectivity index (χ0) is 8.55. The molecule has 5 nitrogen and oxygen atoms in total. The van der Waals surface area contributed by atoms with Gasteiger partial charge in [-0.2, -0.15) is 5.10 Å². The van der Waals surface area contributed by atoms with E-state index in [0.717, 1.165) is 19.5 Å². The second-order valence-corrected chi connectivity index (χ2v) is 3.04. The lowest BCUT2D eigenvalue weighted by atomic mass is 10.1. The van der Waals surface area contributed by atoms with Crippen molar-refractivity contribution < 1.29 is 9.90 Å². The number of aliphatic carboxylic acids is 1. The van der Waals surface area contributed by atoms with E-state index in [9.17, 15) is 4.79 Å². The smallest absolute Gasteiger partial charge is 0.315 e. The standard InChI is InChI=1S/C7H11N3O2/c11-7(12)5-4-9-10-3-1-2-8-6(5)10/h4-6,8H,1-3H2,(H,11,12). The number of carboxylic acid groups (broad SMARTS) is 1. The average molecular weight is 169 g/mol. The summed E-state index contributed by atoms with van der Waals surface area (Å²) in [6.45, 7) is 1.74. The van der Waals surface area contributed by atoms with Crippen molar-refractivity contribution in [2.24, 2.45) is 11.0 Å². The Hall–Kier alpha value is -1.10. The Morgan fingerprint density at radius 3 is 3.33 bits per heavy atom. The third kappa shape index (κ3) is 1.06. The van der Waals surface area contributed by atoms with Gasteiger partial charge >= 0.3 is 5.97 Å². The summed E-state index contributed by atoms with van der Waals surface area (Å²) in [7, 11) is 0. The molecule has 2 atom stereocenters. The van der Waals surface area contributed by atoms with Crippen molar-refractivity contribution in [2.45, 2.75) is 12.6 Å². The normalized spacial score (nSPS) is 33.5. The summed E-state index contributed by atoms with van der Waals surface area (Å²) in [4.78, 5) is 10.7. The first-order valence-corrected chi connectivity index (χ1v) is 4.06. The van der Waals surface area contributed by atoms with E-state index in [1.807, 2.05) is 5.01 Å². The second-order valence-electron chi connectivity index (χ2n) is 3.04. The highest BCUT2D eigenvalue weighted by Crippen LogP contribution is 2.18. The lowest BCUT2D eigenvalue weighted by Gasteiger charge is -2.31. The van der Waals surface area contributed by atoms with Gasteiger partial charge in [-0.25, -0.2) is 0 Å². The molecule has 0 aromatic heterocycles. The number of hydrogen-bond acceptors (Lipinski definition) is 4. The van der Waals surface area contributed by atoms with Crippen molar-refractivity contribution in [3.63, 3.8) is 0 Å². The molecule has 0 spiro atoms. The molecule has 1 saturated heterocycles. The molecular formula is C7H11N3O2. The Kier molecular flexibility index (Phi) is 1.73. The number of nitrogens with zero attached hydrogens (tertiary/aromatic N) is 2. The molecule has 2 rings (SSSR count). The summed E-state index contributed by atoms with van der Waals surface area (Å²) in [5.74, 6) is -1.29. The van der Waals surface area contributed by atoms with Crippen molar-refractivity contribution >= 4 is 12.2 Å². The molecule has 2 unspecified atom stereocenters. The fourth-order valence-corrected chi connectivity index (χ4v) is 1.62. The molecule has 0 saturated carbocycles. The highest BCUT2D eigenvalue weighted by atomic mass is 16.4.